The number of nitrogen functional groups attached to an aromatic ring is 1. The van der Waals surface area contributed by atoms with E-state index in [4.69, 9.17) is 11.5 Å². The highest BCUT2D eigenvalue weighted by atomic mass is 79.9. The Morgan fingerprint density at radius 2 is 2.06 bits per heavy atom. The van der Waals surface area contributed by atoms with Gasteiger partial charge in [-0.25, -0.2) is 5.10 Å². The Morgan fingerprint density at radius 3 is 2.56 bits per heavy atom. The fraction of sp³-hybridized carbons (Fsp3) is 0.100. The largest absolute Gasteiger partial charge is 0.368 e. The van der Waals surface area contributed by atoms with E-state index < -0.39 is 11.2 Å². The zero-order valence-corrected chi connectivity index (χ0v) is 11.5. The van der Waals surface area contributed by atoms with Gasteiger partial charge < -0.3 is 11.5 Å². The minimum absolute atomic E-state index is 0.205. The molecule has 1 amide bonds. The standard InChI is InChI=1S/C10H10BrN5OS/c11-6-3-1-5(2-4-6)7(8(12)17)18-10-14-9(13)15-16-10/h1-4,7H,(H2,12,17)(H3,13,14,15,16). The van der Waals surface area contributed by atoms with Crippen molar-refractivity contribution in [3.05, 3.63) is 34.3 Å². The Bertz CT molecular complexity index is 556. The molecule has 1 aromatic heterocycles. The van der Waals surface area contributed by atoms with Gasteiger partial charge in [0.15, 0.2) is 0 Å². The van der Waals surface area contributed by atoms with Crippen molar-refractivity contribution in [2.24, 2.45) is 5.73 Å². The molecule has 1 aromatic carbocycles. The summed E-state index contributed by atoms with van der Waals surface area (Å²) in [5, 5.41) is 6.22. The van der Waals surface area contributed by atoms with Crippen LogP contribution in [-0.4, -0.2) is 21.1 Å². The maximum atomic E-state index is 11.5. The van der Waals surface area contributed by atoms with Gasteiger partial charge in [-0.05, 0) is 17.7 Å². The quantitative estimate of drug-likeness (QED) is 0.736. The minimum Gasteiger partial charge on any atom is -0.368 e. The Labute approximate surface area is 116 Å². The molecule has 2 rings (SSSR count). The molecule has 0 radical (unpaired) electrons. The summed E-state index contributed by atoms with van der Waals surface area (Å²) in [7, 11) is 0. The minimum atomic E-state index is -0.548. The molecule has 0 aliphatic rings. The predicted molar refractivity (Wildman–Crippen MR) is 72.7 cm³/mol. The number of carbonyl (C=O) groups is 1. The van der Waals surface area contributed by atoms with Crippen LogP contribution in [-0.2, 0) is 4.79 Å². The molecule has 94 valence electrons. The molecular weight excluding hydrogens is 318 g/mol. The van der Waals surface area contributed by atoms with Crippen molar-refractivity contribution in [1.82, 2.24) is 15.2 Å². The van der Waals surface area contributed by atoms with E-state index in [0.717, 1.165) is 21.8 Å². The Hall–Kier alpha value is -1.54. The number of rotatable bonds is 4. The number of nitrogens with zero attached hydrogens (tertiary/aromatic N) is 2. The van der Waals surface area contributed by atoms with E-state index in [2.05, 4.69) is 31.1 Å². The highest BCUT2D eigenvalue weighted by Gasteiger charge is 2.21. The van der Waals surface area contributed by atoms with E-state index >= 15 is 0 Å². The second-order valence-electron chi connectivity index (χ2n) is 3.46. The molecule has 6 nitrogen and oxygen atoms in total. The van der Waals surface area contributed by atoms with Crippen LogP contribution < -0.4 is 11.5 Å². The van der Waals surface area contributed by atoms with E-state index in [0.29, 0.717) is 5.16 Å². The third-order valence-electron chi connectivity index (χ3n) is 2.14. The molecule has 0 saturated carbocycles. The first-order valence-electron chi connectivity index (χ1n) is 4.95. The van der Waals surface area contributed by atoms with Gasteiger partial charge >= 0.3 is 0 Å². The maximum absolute atomic E-state index is 11.5. The average Bonchev–Trinajstić information content (AvgIpc) is 2.73. The zero-order valence-electron chi connectivity index (χ0n) is 9.13. The summed E-state index contributed by atoms with van der Waals surface area (Å²) in [5.74, 6) is -0.248. The lowest BCUT2D eigenvalue weighted by Crippen LogP contribution is -2.19. The van der Waals surface area contributed by atoms with Gasteiger partial charge in [-0.3, -0.25) is 4.79 Å². The van der Waals surface area contributed by atoms with Gasteiger partial charge in [-0.2, -0.15) is 4.98 Å². The molecular formula is C10H10BrN5OS. The Kier molecular flexibility index (Phi) is 3.87. The number of anilines is 1. The van der Waals surface area contributed by atoms with Crippen molar-refractivity contribution in [2.75, 3.05) is 5.73 Å². The van der Waals surface area contributed by atoms with Gasteiger partial charge in [-0.15, -0.1) is 5.10 Å². The molecule has 0 fully saturated rings. The first kappa shape index (κ1) is 12.9. The van der Waals surface area contributed by atoms with Crippen molar-refractivity contribution < 1.29 is 4.79 Å². The summed E-state index contributed by atoms with van der Waals surface area (Å²) in [6, 6.07) is 7.33. The van der Waals surface area contributed by atoms with Crippen LogP contribution in [0, 0.1) is 0 Å². The maximum Gasteiger partial charge on any atom is 0.235 e. The first-order valence-corrected chi connectivity index (χ1v) is 6.63. The molecule has 0 aliphatic carbocycles. The van der Waals surface area contributed by atoms with Gasteiger partial charge in [0.25, 0.3) is 0 Å². The van der Waals surface area contributed by atoms with Gasteiger partial charge in [0.2, 0.25) is 17.0 Å². The Morgan fingerprint density at radius 1 is 1.39 bits per heavy atom. The van der Waals surface area contributed by atoms with E-state index in [1.54, 1.807) is 0 Å². The summed E-state index contributed by atoms with van der Waals surface area (Å²) >= 11 is 4.49. The van der Waals surface area contributed by atoms with E-state index in [-0.39, 0.29) is 5.95 Å². The van der Waals surface area contributed by atoms with Crippen LogP contribution in [0.2, 0.25) is 0 Å². The van der Waals surface area contributed by atoms with E-state index in [9.17, 15) is 4.79 Å². The SMILES string of the molecule is NC(=O)C(Sc1n[nH]c(N)n1)c1ccc(Br)cc1. The van der Waals surface area contributed by atoms with Crippen molar-refractivity contribution >= 4 is 39.5 Å². The molecule has 1 atom stereocenters. The van der Waals surface area contributed by atoms with Crippen LogP contribution in [0.15, 0.2) is 33.9 Å². The zero-order chi connectivity index (χ0) is 13.1. The first-order chi connectivity index (χ1) is 8.56. The highest BCUT2D eigenvalue weighted by Crippen LogP contribution is 2.33. The van der Waals surface area contributed by atoms with Crippen molar-refractivity contribution in [2.45, 2.75) is 10.4 Å². The normalized spacial score (nSPS) is 12.3. The number of amides is 1. The molecule has 8 heteroatoms. The molecule has 18 heavy (non-hydrogen) atoms. The van der Waals surface area contributed by atoms with Gasteiger partial charge in [0.1, 0.15) is 5.25 Å². The number of H-pyrrole nitrogens is 1. The molecule has 1 heterocycles. The van der Waals surface area contributed by atoms with Crippen molar-refractivity contribution in [3.63, 3.8) is 0 Å². The number of thioether (sulfide) groups is 1. The number of carbonyl (C=O) groups excluding carboxylic acids is 1. The summed E-state index contributed by atoms with van der Waals surface area (Å²) < 4.78 is 0.932. The number of benzene rings is 1. The molecule has 0 aliphatic heterocycles. The lowest BCUT2D eigenvalue weighted by atomic mass is 10.1. The van der Waals surface area contributed by atoms with Crippen LogP contribution in [0.4, 0.5) is 5.95 Å². The third kappa shape index (κ3) is 3.02. The van der Waals surface area contributed by atoms with Gasteiger partial charge in [-0.1, -0.05) is 39.8 Å². The number of aromatic nitrogens is 3. The second-order valence-corrected chi connectivity index (χ2v) is 5.44. The smallest absolute Gasteiger partial charge is 0.235 e. The van der Waals surface area contributed by atoms with E-state index in [1.807, 2.05) is 24.3 Å². The average molecular weight is 328 g/mol. The molecule has 0 bridgehead atoms. The topological polar surface area (TPSA) is 111 Å². The summed E-state index contributed by atoms with van der Waals surface area (Å²) in [6.07, 6.45) is 0. The monoisotopic (exact) mass is 327 g/mol. The highest BCUT2D eigenvalue weighted by molar-refractivity contribution is 9.10. The summed E-state index contributed by atoms with van der Waals surface area (Å²) in [6.45, 7) is 0. The summed E-state index contributed by atoms with van der Waals surface area (Å²) in [4.78, 5) is 15.4. The van der Waals surface area contributed by atoms with Crippen molar-refractivity contribution in [1.29, 1.82) is 0 Å². The molecule has 2 aromatic rings. The number of hydrogen-bond donors (Lipinski definition) is 3. The van der Waals surface area contributed by atoms with Gasteiger partial charge in [0.05, 0.1) is 0 Å². The molecule has 5 N–H and O–H groups in total. The third-order valence-corrected chi connectivity index (χ3v) is 3.80. The molecule has 0 spiro atoms. The number of nitrogens with two attached hydrogens (primary N) is 2. The predicted octanol–water partition coefficient (Wildman–Crippen LogP) is 1.47. The van der Waals surface area contributed by atoms with Crippen LogP contribution in [0.25, 0.3) is 0 Å². The lowest BCUT2D eigenvalue weighted by Gasteiger charge is -2.11. The second kappa shape index (κ2) is 5.40. The number of halogens is 1. The number of hydrogen-bond acceptors (Lipinski definition) is 5. The number of primary amides is 1. The molecule has 0 saturated heterocycles. The van der Waals surface area contributed by atoms with Crippen LogP contribution >= 0.6 is 27.7 Å². The fourth-order valence-electron chi connectivity index (χ4n) is 1.34. The molecule has 1 unspecified atom stereocenters. The Balaban J connectivity index is 2.23. The lowest BCUT2D eigenvalue weighted by molar-refractivity contribution is -0.117. The summed E-state index contributed by atoms with van der Waals surface area (Å²) in [5.41, 5.74) is 11.6. The van der Waals surface area contributed by atoms with Crippen LogP contribution in [0.3, 0.4) is 0 Å². The van der Waals surface area contributed by atoms with E-state index in [1.165, 1.54) is 0 Å². The van der Waals surface area contributed by atoms with Crippen LogP contribution in [0.1, 0.15) is 10.8 Å². The fourth-order valence-corrected chi connectivity index (χ4v) is 2.48. The number of aromatic amines is 1. The number of nitrogens with one attached hydrogen (secondary N) is 1. The van der Waals surface area contributed by atoms with Crippen molar-refractivity contribution in [3.8, 4) is 0 Å². The van der Waals surface area contributed by atoms with Gasteiger partial charge in [0, 0.05) is 4.47 Å². The van der Waals surface area contributed by atoms with Crippen LogP contribution in [0.5, 0.6) is 0 Å².